The second kappa shape index (κ2) is 21.9. The van der Waals surface area contributed by atoms with Gasteiger partial charge in [0.15, 0.2) is 25.7 Å². The maximum Gasteiger partial charge on any atom is 0.259 e. The number of hydrogen-bond donors (Lipinski definition) is 1. The number of nitrogens with zero attached hydrogens (tertiary/aromatic N) is 6. The minimum Gasteiger partial charge on any atom is -0.497 e. The Hall–Kier alpha value is -5.02. The molecule has 2 aromatic heterocycles. The van der Waals surface area contributed by atoms with Crippen molar-refractivity contribution < 1.29 is 42.0 Å². The number of hydrogen-bond acceptors (Lipinski definition) is 14. The van der Waals surface area contributed by atoms with Crippen LogP contribution in [0.3, 0.4) is 0 Å². The molecular formula is C49H66N7O9PSi. The number of anilines is 1. The predicted molar refractivity (Wildman–Crippen MR) is 261 cm³/mol. The normalized spacial score (nSPS) is 18.4. The summed E-state index contributed by atoms with van der Waals surface area (Å²) in [6, 6.07) is 28.0. The number of methoxy groups -OCH3 is 3. The Morgan fingerprint density at radius 1 is 0.881 bits per heavy atom. The zero-order valence-electron chi connectivity index (χ0n) is 41.0. The lowest BCUT2D eigenvalue weighted by molar-refractivity contribution is -0.114. The number of ether oxygens (including phenoxy) is 5. The lowest BCUT2D eigenvalue weighted by Gasteiger charge is -2.42. The molecular weight excluding hydrogens is 890 g/mol. The highest BCUT2D eigenvalue weighted by atomic mass is 31.2. The fourth-order valence-corrected chi connectivity index (χ4v) is 11.0. The SMILES string of the molecule is COc1ccc(C(OC[C@H]2O[C@@H](n3cnc4c(OC)nc(NC(C)=O)nc43)[C@H](O[Si](C)(C)C(C)(C)C)[C@H]2OP(OCCC#N)N(C(C)C)C(C)C)(c2ccccc2)c2ccc(OC)cc2)cc1. The van der Waals surface area contributed by atoms with Crippen molar-refractivity contribution >= 4 is 39.9 Å². The van der Waals surface area contributed by atoms with Gasteiger partial charge in [-0.15, -0.1) is 0 Å². The van der Waals surface area contributed by atoms with E-state index in [1.807, 2.05) is 78.9 Å². The molecule has 1 fully saturated rings. The van der Waals surface area contributed by atoms with Crippen molar-refractivity contribution in [1.82, 2.24) is 24.2 Å². The van der Waals surface area contributed by atoms with Crippen molar-refractivity contribution in [2.75, 3.05) is 39.9 Å². The third-order valence-electron chi connectivity index (χ3n) is 12.2. The van der Waals surface area contributed by atoms with E-state index < -0.39 is 47.0 Å². The molecule has 18 heteroatoms. The molecule has 0 aliphatic carbocycles. The van der Waals surface area contributed by atoms with Gasteiger partial charge in [-0.1, -0.05) is 75.4 Å². The minimum absolute atomic E-state index is 0.00519. The molecule has 3 heterocycles. The summed E-state index contributed by atoms with van der Waals surface area (Å²) in [6.07, 6.45) is -1.55. The monoisotopic (exact) mass is 955 g/mol. The Bertz CT molecular complexity index is 2390. The number of imidazole rings is 1. The molecule has 360 valence electrons. The number of nitriles is 1. The van der Waals surface area contributed by atoms with Crippen molar-refractivity contribution in [2.45, 2.75) is 122 Å². The molecule has 1 saturated heterocycles. The van der Waals surface area contributed by atoms with Crippen LogP contribution in [-0.4, -0.2) is 103 Å². The molecule has 1 unspecified atom stereocenters. The van der Waals surface area contributed by atoms with E-state index in [0.717, 1.165) is 16.7 Å². The van der Waals surface area contributed by atoms with Crippen LogP contribution in [0.15, 0.2) is 85.2 Å². The molecule has 0 radical (unpaired) electrons. The summed E-state index contributed by atoms with van der Waals surface area (Å²) < 4.78 is 57.2. The molecule has 3 aromatic carbocycles. The third-order valence-corrected chi connectivity index (χ3v) is 18.8. The summed E-state index contributed by atoms with van der Waals surface area (Å²) in [7, 11) is 0.271. The zero-order valence-corrected chi connectivity index (χ0v) is 42.9. The van der Waals surface area contributed by atoms with Gasteiger partial charge in [0.05, 0.1) is 53.4 Å². The predicted octanol–water partition coefficient (Wildman–Crippen LogP) is 9.77. The first-order valence-electron chi connectivity index (χ1n) is 22.5. The van der Waals surface area contributed by atoms with E-state index in [0.29, 0.717) is 22.7 Å². The van der Waals surface area contributed by atoms with E-state index in [1.54, 1.807) is 25.1 Å². The maximum absolute atomic E-state index is 12.3. The smallest absolute Gasteiger partial charge is 0.259 e. The van der Waals surface area contributed by atoms with E-state index >= 15 is 0 Å². The maximum atomic E-state index is 12.3. The van der Waals surface area contributed by atoms with Crippen molar-refractivity contribution in [3.8, 4) is 23.4 Å². The van der Waals surface area contributed by atoms with Gasteiger partial charge < -0.3 is 37.2 Å². The number of benzene rings is 3. The lowest BCUT2D eigenvalue weighted by atomic mass is 9.80. The van der Waals surface area contributed by atoms with Crippen LogP contribution >= 0.6 is 8.53 Å². The molecule has 0 spiro atoms. The van der Waals surface area contributed by atoms with Crippen LogP contribution in [0.5, 0.6) is 17.4 Å². The van der Waals surface area contributed by atoms with Gasteiger partial charge >= 0.3 is 0 Å². The number of amides is 1. The molecule has 0 saturated carbocycles. The minimum atomic E-state index is -2.67. The van der Waals surface area contributed by atoms with Gasteiger partial charge in [-0.2, -0.15) is 15.2 Å². The quantitative estimate of drug-likeness (QED) is 0.0319. The summed E-state index contributed by atoms with van der Waals surface area (Å²) in [4.78, 5) is 26.2. The number of nitrogens with one attached hydrogen (secondary N) is 1. The average Bonchev–Trinajstić information content (AvgIpc) is 3.86. The van der Waals surface area contributed by atoms with Crippen molar-refractivity contribution in [3.63, 3.8) is 0 Å². The topological polar surface area (TPSA) is 174 Å². The van der Waals surface area contributed by atoms with Gasteiger partial charge in [-0.05, 0) is 86.8 Å². The van der Waals surface area contributed by atoms with Gasteiger partial charge in [0, 0.05) is 19.0 Å². The van der Waals surface area contributed by atoms with Gasteiger partial charge in [0.2, 0.25) is 17.7 Å². The number of rotatable bonds is 21. The average molecular weight is 956 g/mol. The van der Waals surface area contributed by atoms with Crippen LogP contribution in [-0.2, 0) is 33.3 Å². The molecule has 1 aliphatic heterocycles. The Labute approximate surface area is 397 Å². The largest absolute Gasteiger partial charge is 0.497 e. The summed E-state index contributed by atoms with van der Waals surface area (Å²) in [5.74, 6) is 1.25. The highest BCUT2D eigenvalue weighted by Crippen LogP contribution is 2.53. The van der Waals surface area contributed by atoms with Crippen LogP contribution in [0.2, 0.25) is 18.1 Å². The molecule has 1 aliphatic rings. The number of carbonyl (C=O) groups excluding carboxylic acids is 1. The van der Waals surface area contributed by atoms with Crippen molar-refractivity contribution in [3.05, 3.63) is 102 Å². The van der Waals surface area contributed by atoms with E-state index in [4.69, 9.17) is 47.1 Å². The Morgan fingerprint density at radius 3 is 1.97 bits per heavy atom. The van der Waals surface area contributed by atoms with Crippen molar-refractivity contribution in [1.29, 1.82) is 5.26 Å². The molecule has 1 amide bonds. The number of carbonyl (C=O) groups is 1. The second-order valence-corrected chi connectivity index (χ2v) is 24.6. The van der Waals surface area contributed by atoms with Crippen molar-refractivity contribution in [2.24, 2.45) is 0 Å². The van der Waals surface area contributed by atoms with Crippen LogP contribution in [0, 0.1) is 11.3 Å². The third kappa shape index (κ3) is 11.3. The molecule has 67 heavy (non-hydrogen) atoms. The fraction of sp³-hybridized carbons (Fsp3) is 0.490. The molecule has 5 atom stereocenters. The van der Waals surface area contributed by atoms with E-state index in [-0.39, 0.29) is 54.5 Å². The second-order valence-electron chi connectivity index (χ2n) is 18.4. The van der Waals surface area contributed by atoms with Gasteiger partial charge in [-0.3, -0.25) is 14.7 Å². The van der Waals surface area contributed by atoms with Gasteiger partial charge in [0.1, 0.15) is 35.4 Å². The lowest BCUT2D eigenvalue weighted by Crippen LogP contribution is -2.50. The van der Waals surface area contributed by atoms with Crippen LogP contribution in [0.4, 0.5) is 5.95 Å². The summed E-state index contributed by atoms with van der Waals surface area (Å²) in [6.45, 7) is 20.8. The first kappa shape index (κ1) is 51.4. The van der Waals surface area contributed by atoms with Crippen LogP contribution in [0.1, 0.15) is 84.7 Å². The molecule has 1 N–H and O–H groups in total. The standard InChI is InChI=1S/C49H66N7O9PSi/c1-32(2)56(33(3)4)66(62-29-17-28-50)64-42-40(30-61-49(35-18-15-14-16-19-35,36-20-24-38(58-9)25-21-36)37-22-26-39(59-10)27-23-37)63-46(43(42)65-67(12,13)48(6,7)8)55-31-51-41-44(55)53-47(52-34(5)57)54-45(41)60-11/h14-16,18-27,31-33,40,42-43,46H,17,29-30H2,1-13H3,(H,52,53,54,57)/t40-,42+,43-,46-,66?/m1/s1. The Balaban J connectivity index is 1.59. The highest BCUT2D eigenvalue weighted by molar-refractivity contribution is 7.44. The summed E-state index contributed by atoms with van der Waals surface area (Å²) in [5, 5.41) is 12.1. The first-order valence-corrected chi connectivity index (χ1v) is 26.6. The molecule has 6 rings (SSSR count). The van der Waals surface area contributed by atoms with Gasteiger partial charge in [-0.25, -0.2) is 9.65 Å². The molecule has 5 aromatic rings. The Morgan fingerprint density at radius 2 is 1.46 bits per heavy atom. The summed E-state index contributed by atoms with van der Waals surface area (Å²) in [5.41, 5.74) is 2.06. The van der Waals surface area contributed by atoms with Gasteiger partial charge in [0.25, 0.3) is 8.53 Å². The number of aromatic nitrogens is 4. The fourth-order valence-electron chi connectivity index (χ4n) is 7.95. The first-order chi connectivity index (χ1) is 31.9. The van der Waals surface area contributed by atoms with E-state index in [1.165, 1.54) is 14.0 Å². The zero-order chi connectivity index (χ0) is 48.7. The van der Waals surface area contributed by atoms with E-state index in [2.05, 4.69) is 82.6 Å². The molecule has 0 bridgehead atoms. The van der Waals surface area contributed by atoms with E-state index in [9.17, 15) is 10.1 Å². The Kier molecular flexibility index (Phi) is 16.8. The summed E-state index contributed by atoms with van der Waals surface area (Å²) >= 11 is 0. The molecule has 16 nitrogen and oxygen atoms in total. The van der Waals surface area contributed by atoms with Crippen LogP contribution in [0.25, 0.3) is 11.2 Å². The highest BCUT2D eigenvalue weighted by Gasteiger charge is 2.54. The number of fused-ring (bicyclic) bond motifs is 1. The van der Waals surface area contributed by atoms with Crippen LogP contribution < -0.4 is 19.5 Å².